The molecule has 0 aliphatic carbocycles. The van der Waals surface area contributed by atoms with Crippen LogP contribution in [0.4, 0.5) is 11.5 Å². The first-order chi connectivity index (χ1) is 16.7. The Balaban J connectivity index is 1.40. The van der Waals surface area contributed by atoms with Crippen molar-refractivity contribution in [2.24, 2.45) is 0 Å². The van der Waals surface area contributed by atoms with E-state index in [0.29, 0.717) is 31.9 Å². The Kier molecular flexibility index (Phi) is 7.39. The van der Waals surface area contributed by atoms with Gasteiger partial charge in [-0.15, -0.1) is 0 Å². The Bertz CT molecular complexity index is 1320. The van der Waals surface area contributed by atoms with Gasteiger partial charge in [0.1, 0.15) is 5.76 Å². The van der Waals surface area contributed by atoms with Gasteiger partial charge in [-0.1, -0.05) is 35.0 Å². The second-order valence-electron chi connectivity index (χ2n) is 7.82. The molecule has 0 atom stereocenters. The van der Waals surface area contributed by atoms with Crippen LogP contribution in [0.2, 0.25) is 5.02 Å². The Morgan fingerprint density at radius 2 is 1.80 bits per heavy atom. The van der Waals surface area contributed by atoms with Crippen LogP contribution in [0, 0.1) is 6.92 Å². The molecule has 1 aliphatic heterocycles. The fourth-order valence-corrected chi connectivity index (χ4v) is 5.25. The number of aryl methyl sites for hydroxylation is 1. The van der Waals surface area contributed by atoms with Crippen molar-refractivity contribution >= 4 is 45.0 Å². The van der Waals surface area contributed by atoms with E-state index in [-0.39, 0.29) is 21.3 Å². The molecule has 1 saturated heterocycles. The number of benzene rings is 2. The van der Waals surface area contributed by atoms with Crippen LogP contribution in [-0.4, -0.2) is 62.5 Å². The molecule has 4 rings (SSSR count). The molecule has 0 saturated carbocycles. The zero-order chi connectivity index (χ0) is 25.0. The van der Waals surface area contributed by atoms with Crippen LogP contribution < -0.4 is 10.2 Å². The minimum atomic E-state index is -3.87. The topological polar surface area (TPSA) is 122 Å². The molecule has 1 aliphatic rings. The van der Waals surface area contributed by atoms with Crippen LogP contribution in [-0.2, 0) is 19.6 Å². The number of esters is 1. The van der Waals surface area contributed by atoms with Gasteiger partial charge in [-0.25, -0.2) is 13.2 Å². The highest BCUT2D eigenvalue weighted by Gasteiger charge is 2.30. The molecule has 1 fully saturated rings. The highest BCUT2D eigenvalue weighted by molar-refractivity contribution is 7.89. The third kappa shape index (κ3) is 5.81. The van der Waals surface area contributed by atoms with Crippen molar-refractivity contribution in [2.75, 3.05) is 43.0 Å². The first-order valence-corrected chi connectivity index (χ1v) is 12.6. The highest BCUT2D eigenvalue weighted by atomic mass is 35.5. The number of anilines is 2. The van der Waals surface area contributed by atoms with Crippen molar-refractivity contribution in [3.63, 3.8) is 0 Å². The molecular weight excluding hydrogens is 496 g/mol. The second kappa shape index (κ2) is 10.5. The van der Waals surface area contributed by atoms with Gasteiger partial charge in [-0.05, 0) is 37.3 Å². The normalized spacial score (nSPS) is 14.5. The summed E-state index contributed by atoms with van der Waals surface area (Å²) in [5.41, 5.74) is 0.879. The van der Waals surface area contributed by atoms with Crippen molar-refractivity contribution < 1.29 is 27.3 Å². The number of nitrogens with one attached hydrogen (secondary N) is 1. The van der Waals surface area contributed by atoms with Gasteiger partial charge in [0.2, 0.25) is 10.0 Å². The summed E-state index contributed by atoms with van der Waals surface area (Å²) in [7, 11) is -3.87. The standard InChI is InChI=1S/C23H23ClN4O6S/c1-16-13-21(26-34-16)25-22(29)15-33-23(30)19-14-18(7-8-20(19)24)35(31,32)28-11-9-27(10-12-28)17-5-3-2-4-6-17/h2-8,13-14H,9-12,15H2,1H3,(H,25,26,29). The summed E-state index contributed by atoms with van der Waals surface area (Å²) < 4.78 is 37.7. The molecule has 35 heavy (non-hydrogen) atoms. The van der Waals surface area contributed by atoms with E-state index in [4.69, 9.17) is 20.9 Å². The van der Waals surface area contributed by atoms with E-state index in [0.717, 1.165) is 5.69 Å². The van der Waals surface area contributed by atoms with Crippen molar-refractivity contribution in [3.8, 4) is 0 Å². The molecule has 0 unspecified atom stereocenters. The van der Waals surface area contributed by atoms with Crippen molar-refractivity contribution in [3.05, 3.63) is 70.9 Å². The van der Waals surface area contributed by atoms with Crippen LogP contribution in [0.1, 0.15) is 16.1 Å². The number of hydrogen-bond acceptors (Lipinski definition) is 8. The zero-order valence-corrected chi connectivity index (χ0v) is 20.4. The number of nitrogens with zero attached hydrogens (tertiary/aromatic N) is 3. The van der Waals surface area contributed by atoms with Crippen LogP contribution in [0.15, 0.2) is 64.0 Å². The fourth-order valence-electron chi connectivity index (χ4n) is 3.61. The highest BCUT2D eigenvalue weighted by Crippen LogP contribution is 2.25. The molecule has 1 amide bonds. The van der Waals surface area contributed by atoms with Crippen LogP contribution in [0.3, 0.4) is 0 Å². The Hall–Kier alpha value is -3.41. The summed E-state index contributed by atoms with van der Waals surface area (Å²) in [5.74, 6) is -0.874. The first-order valence-electron chi connectivity index (χ1n) is 10.7. The second-order valence-corrected chi connectivity index (χ2v) is 10.2. The van der Waals surface area contributed by atoms with Gasteiger partial charge in [0.05, 0.1) is 15.5 Å². The molecule has 0 radical (unpaired) electrons. The van der Waals surface area contributed by atoms with Crippen molar-refractivity contribution in [2.45, 2.75) is 11.8 Å². The van der Waals surface area contributed by atoms with E-state index in [2.05, 4.69) is 15.4 Å². The van der Waals surface area contributed by atoms with E-state index in [9.17, 15) is 18.0 Å². The SMILES string of the molecule is Cc1cc(NC(=O)COC(=O)c2cc(S(=O)(=O)N3CCN(c4ccccc4)CC3)ccc2Cl)no1. The minimum absolute atomic E-state index is 0.00961. The third-order valence-corrected chi connectivity index (χ3v) is 7.61. The van der Waals surface area contributed by atoms with Gasteiger partial charge < -0.3 is 19.5 Å². The molecule has 1 aromatic heterocycles. The summed E-state index contributed by atoms with van der Waals surface area (Å²) in [6.45, 7) is 2.70. The van der Waals surface area contributed by atoms with Crippen LogP contribution >= 0.6 is 11.6 Å². The number of aromatic nitrogens is 1. The maximum Gasteiger partial charge on any atom is 0.340 e. The van der Waals surface area contributed by atoms with E-state index in [1.165, 1.54) is 28.6 Å². The predicted molar refractivity (Wildman–Crippen MR) is 129 cm³/mol. The Labute approximate surface area is 207 Å². The number of carbonyl (C=O) groups is 2. The van der Waals surface area contributed by atoms with Gasteiger partial charge in [0.25, 0.3) is 5.91 Å². The number of piperazine rings is 1. The van der Waals surface area contributed by atoms with Crippen molar-refractivity contribution in [1.29, 1.82) is 0 Å². The lowest BCUT2D eigenvalue weighted by atomic mass is 10.2. The molecule has 2 aromatic carbocycles. The molecule has 184 valence electrons. The number of amides is 1. The molecule has 2 heterocycles. The lowest BCUT2D eigenvalue weighted by Crippen LogP contribution is -2.48. The Morgan fingerprint density at radius 3 is 2.46 bits per heavy atom. The fraction of sp³-hybridized carbons (Fsp3) is 0.261. The zero-order valence-electron chi connectivity index (χ0n) is 18.8. The molecule has 0 bridgehead atoms. The van der Waals surface area contributed by atoms with Crippen molar-refractivity contribution in [1.82, 2.24) is 9.46 Å². The molecule has 10 nitrogen and oxygen atoms in total. The average Bonchev–Trinajstić information content (AvgIpc) is 3.27. The van der Waals surface area contributed by atoms with E-state index in [1.807, 2.05) is 30.3 Å². The number of para-hydroxylation sites is 1. The summed E-state index contributed by atoms with van der Waals surface area (Å²) in [5, 5.41) is 6.04. The molecule has 1 N–H and O–H groups in total. The maximum absolute atomic E-state index is 13.2. The number of ether oxygens (including phenoxy) is 1. The van der Waals surface area contributed by atoms with Gasteiger partial charge in [0.15, 0.2) is 12.4 Å². The maximum atomic E-state index is 13.2. The first kappa shape index (κ1) is 24.7. The summed E-state index contributed by atoms with van der Waals surface area (Å²) in [4.78, 5) is 26.6. The lowest BCUT2D eigenvalue weighted by molar-refractivity contribution is -0.119. The summed E-state index contributed by atoms with van der Waals surface area (Å²) in [6.07, 6.45) is 0. The number of rotatable bonds is 7. The van der Waals surface area contributed by atoms with Gasteiger partial charge in [0, 0.05) is 37.9 Å². The quantitative estimate of drug-likeness (QED) is 0.474. The van der Waals surface area contributed by atoms with Crippen LogP contribution in [0.5, 0.6) is 0 Å². The number of hydrogen-bond donors (Lipinski definition) is 1. The number of carbonyl (C=O) groups excluding carboxylic acids is 2. The van der Waals surface area contributed by atoms with E-state index >= 15 is 0 Å². The third-order valence-electron chi connectivity index (χ3n) is 5.39. The molecule has 12 heteroatoms. The predicted octanol–water partition coefficient (Wildman–Crippen LogP) is 2.94. The Morgan fingerprint density at radius 1 is 1.09 bits per heavy atom. The molecule has 0 spiro atoms. The summed E-state index contributed by atoms with van der Waals surface area (Å²) >= 11 is 6.12. The largest absolute Gasteiger partial charge is 0.452 e. The molecule has 3 aromatic rings. The van der Waals surface area contributed by atoms with Crippen LogP contribution in [0.25, 0.3) is 0 Å². The van der Waals surface area contributed by atoms with E-state index in [1.54, 1.807) is 6.92 Å². The average molecular weight is 519 g/mol. The minimum Gasteiger partial charge on any atom is -0.452 e. The van der Waals surface area contributed by atoms with Gasteiger partial charge in [-0.2, -0.15) is 4.31 Å². The smallest absolute Gasteiger partial charge is 0.340 e. The van der Waals surface area contributed by atoms with Gasteiger partial charge in [-0.3, -0.25) is 4.79 Å². The van der Waals surface area contributed by atoms with E-state index < -0.39 is 28.5 Å². The number of halogens is 1. The molecular formula is C23H23ClN4O6S. The summed E-state index contributed by atoms with van der Waals surface area (Å²) in [6, 6.07) is 15.1. The monoisotopic (exact) mass is 518 g/mol. The lowest BCUT2D eigenvalue weighted by Gasteiger charge is -2.35. The number of sulfonamides is 1. The van der Waals surface area contributed by atoms with Gasteiger partial charge >= 0.3 is 5.97 Å².